The van der Waals surface area contributed by atoms with Gasteiger partial charge in [0.15, 0.2) is 0 Å². The summed E-state index contributed by atoms with van der Waals surface area (Å²) in [5.41, 5.74) is 2.12. The van der Waals surface area contributed by atoms with Crippen LogP contribution in [-0.2, 0) is 0 Å². The Morgan fingerprint density at radius 2 is 1.76 bits per heavy atom. The van der Waals surface area contributed by atoms with Crippen molar-refractivity contribution in [3.05, 3.63) is 35.4 Å². The normalized spacial score (nSPS) is 23.1. The minimum atomic E-state index is 0.0598. The molecule has 2 aliphatic rings. The number of hydrogen-bond acceptors (Lipinski definition) is 3. The second-order valence-corrected chi connectivity index (χ2v) is 6.22. The summed E-state index contributed by atoms with van der Waals surface area (Å²) in [6, 6.07) is 8.14. The van der Waals surface area contributed by atoms with Gasteiger partial charge in [0.05, 0.1) is 0 Å². The second kappa shape index (κ2) is 7.05. The first-order chi connectivity index (χ1) is 10.3. The smallest absolute Gasteiger partial charge is 0.251 e. The molecule has 0 radical (unpaired) electrons. The standard InChI is InChI=1S/C17H25N3O/c21-17(20-11-13-5-8-18-9-6-13)15-3-1-14(2-4-15)16-7-10-19-12-16/h1-4,13,16,18-19H,5-12H2,(H,20,21)/t16-/m1/s1. The molecular weight excluding hydrogens is 262 g/mol. The van der Waals surface area contributed by atoms with Crippen LogP contribution in [0.25, 0.3) is 0 Å². The van der Waals surface area contributed by atoms with Gasteiger partial charge in [-0.25, -0.2) is 0 Å². The third-order valence-electron chi connectivity index (χ3n) is 4.71. The van der Waals surface area contributed by atoms with E-state index in [2.05, 4.69) is 28.1 Å². The molecule has 114 valence electrons. The molecule has 1 amide bonds. The van der Waals surface area contributed by atoms with Gasteiger partial charge in [-0.15, -0.1) is 0 Å². The summed E-state index contributed by atoms with van der Waals surface area (Å²) in [6.45, 7) is 5.11. The molecule has 21 heavy (non-hydrogen) atoms. The predicted octanol–water partition coefficient (Wildman–Crippen LogP) is 1.49. The molecule has 4 nitrogen and oxygen atoms in total. The van der Waals surface area contributed by atoms with E-state index in [0.717, 1.165) is 51.1 Å². The number of nitrogens with one attached hydrogen (secondary N) is 3. The lowest BCUT2D eigenvalue weighted by molar-refractivity contribution is 0.0944. The average molecular weight is 287 g/mol. The molecule has 3 rings (SSSR count). The Labute approximate surface area is 126 Å². The van der Waals surface area contributed by atoms with Gasteiger partial charge < -0.3 is 16.0 Å². The van der Waals surface area contributed by atoms with Gasteiger partial charge >= 0.3 is 0 Å². The second-order valence-electron chi connectivity index (χ2n) is 6.22. The van der Waals surface area contributed by atoms with Gasteiger partial charge in [0, 0.05) is 18.7 Å². The monoisotopic (exact) mass is 287 g/mol. The zero-order valence-corrected chi connectivity index (χ0v) is 12.5. The van der Waals surface area contributed by atoms with E-state index in [0.29, 0.717) is 11.8 Å². The van der Waals surface area contributed by atoms with Gasteiger partial charge in [0.1, 0.15) is 0 Å². The maximum atomic E-state index is 12.2. The Morgan fingerprint density at radius 1 is 1.05 bits per heavy atom. The van der Waals surface area contributed by atoms with Crippen LogP contribution in [0.4, 0.5) is 0 Å². The van der Waals surface area contributed by atoms with Crippen molar-refractivity contribution in [2.24, 2.45) is 5.92 Å². The van der Waals surface area contributed by atoms with E-state index in [1.165, 1.54) is 12.0 Å². The first kappa shape index (κ1) is 14.5. The molecule has 1 atom stereocenters. The SMILES string of the molecule is O=C(NCC1CCNCC1)c1ccc([C@@H]2CCNC2)cc1. The van der Waals surface area contributed by atoms with E-state index in [1.807, 2.05) is 12.1 Å². The fourth-order valence-electron chi connectivity index (χ4n) is 3.27. The summed E-state index contributed by atoms with van der Waals surface area (Å²) in [5, 5.41) is 9.81. The minimum Gasteiger partial charge on any atom is -0.352 e. The predicted molar refractivity (Wildman–Crippen MR) is 84.6 cm³/mol. The lowest BCUT2D eigenvalue weighted by Gasteiger charge is -2.22. The quantitative estimate of drug-likeness (QED) is 0.786. The largest absolute Gasteiger partial charge is 0.352 e. The molecule has 3 N–H and O–H groups in total. The van der Waals surface area contributed by atoms with E-state index in [4.69, 9.17) is 0 Å². The molecule has 0 unspecified atom stereocenters. The Hall–Kier alpha value is -1.39. The summed E-state index contributed by atoms with van der Waals surface area (Å²) in [4.78, 5) is 12.2. The van der Waals surface area contributed by atoms with Crippen molar-refractivity contribution in [1.29, 1.82) is 0 Å². The molecule has 2 aliphatic heterocycles. The Kier molecular flexibility index (Phi) is 4.88. The first-order valence-corrected chi connectivity index (χ1v) is 8.12. The number of rotatable bonds is 4. The summed E-state index contributed by atoms with van der Waals surface area (Å²) in [5.74, 6) is 1.29. The molecule has 0 bridgehead atoms. The van der Waals surface area contributed by atoms with Gasteiger partial charge in [-0.1, -0.05) is 12.1 Å². The Morgan fingerprint density at radius 3 is 2.43 bits per heavy atom. The van der Waals surface area contributed by atoms with Gasteiger partial charge in [0.2, 0.25) is 0 Å². The molecule has 0 saturated carbocycles. The molecule has 2 saturated heterocycles. The highest BCUT2D eigenvalue weighted by molar-refractivity contribution is 5.94. The van der Waals surface area contributed by atoms with E-state index in [9.17, 15) is 4.79 Å². The van der Waals surface area contributed by atoms with Crippen LogP contribution in [0.2, 0.25) is 0 Å². The zero-order valence-electron chi connectivity index (χ0n) is 12.5. The highest BCUT2D eigenvalue weighted by Gasteiger charge is 2.17. The minimum absolute atomic E-state index is 0.0598. The van der Waals surface area contributed by atoms with Crippen molar-refractivity contribution in [2.75, 3.05) is 32.7 Å². The lowest BCUT2D eigenvalue weighted by Crippen LogP contribution is -2.35. The molecule has 0 aliphatic carbocycles. The number of amides is 1. The van der Waals surface area contributed by atoms with Crippen LogP contribution < -0.4 is 16.0 Å². The van der Waals surface area contributed by atoms with Crippen molar-refractivity contribution < 1.29 is 4.79 Å². The lowest BCUT2D eigenvalue weighted by atomic mass is 9.96. The van der Waals surface area contributed by atoms with Crippen molar-refractivity contribution in [3.8, 4) is 0 Å². The molecular formula is C17H25N3O. The number of carbonyl (C=O) groups is 1. The zero-order chi connectivity index (χ0) is 14.5. The molecule has 4 heteroatoms. The van der Waals surface area contributed by atoms with E-state index in [-0.39, 0.29) is 5.91 Å². The third kappa shape index (κ3) is 3.83. The fraction of sp³-hybridized carbons (Fsp3) is 0.588. The van der Waals surface area contributed by atoms with Gasteiger partial charge in [-0.2, -0.15) is 0 Å². The number of carbonyl (C=O) groups excluding carboxylic acids is 1. The van der Waals surface area contributed by atoms with Crippen LogP contribution in [0.1, 0.15) is 41.1 Å². The average Bonchev–Trinajstić information content (AvgIpc) is 3.08. The van der Waals surface area contributed by atoms with Crippen LogP contribution in [0, 0.1) is 5.92 Å². The van der Waals surface area contributed by atoms with Crippen molar-refractivity contribution >= 4 is 5.91 Å². The highest BCUT2D eigenvalue weighted by atomic mass is 16.1. The molecule has 1 aromatic carbocycles. The number of piperidine rings is 1. The number of hydrogen-bond donors (Lipinski definition) is 3. The van der Waals surface area contributed by atoms with Crippen molar-refractivity contribution in [3.63, 3.8) is 0 Å². The topological polar surface area (TPSA) is 53.2 Å². The molecule has 0 spiro atoms. The summed E-state index contributed by atoms with van der Waals surface area (Å²) >= 11 is 0. The molecule has 2 heterocycles. The van der Waals surface area contributed by atoms with Crippen LogP contribution >= 0.6 is 0 Å². The fourth-order valence-corrected chi connectivity index (χ4v) is 3.27. The summed E-state index contributed by atoms with van der Waals surface area (Å²) in [6.07, 6.45) is 3.52. The van der Waals surface area contributed by atoms with E-state index >= 15 is 0 Å². The van der Waals surface area contributed by atoms with E-state index in [1.54, 1.807) is 0 Å². The maximum absolute atomic E-state index is 12.2. The maximum Gasteiger partial charge on any atom is 0.251 e. The number of benzene rings is 1. The third-order valence-corrected chi connectivity index (χ3v) is 4.71. The van der Waals surface area contributed by atoms with Crippen LogP contribution in [0.5, 0.6) is 0 Å². The van der Waals surface area contributed by atoms with Crippen LogP contribution in [0.15, 0.2) is 24.3 Å². The Bertz CT molecular complexity index is 459. The molecule has 0 aromatic heterocycles. The van der Waals surface area contributed by atoms with E-state index < -0.39 is 0 Å². The highest BCUT2D eigenvalue weighted by Crippen LogP contribution is 2.22. The van der Waals surface area contributed by atoms with Crippen LogP contribution in [0.3, 0.4) is 0 Å². The van der Waals surface area contributed by atoms with Gasteiger partial charge in [-0.05, 0) is 68.4 Å². The van der Waals surface area contributed by atoms with Crippen molar-refractivity contribution in [1.82, 2.24) is 16.0 Å². The molecule has 1 aromatic rings. The summed E-state index contributed by atoms with van der Waals surface area (Å²) in [7, 11) is 0. The van der Waals surface area contributed by atoms with Gasteiger partial charge in [0.25, 0.3) is 5.91 Å². The Balaban J connectivity index is 1.52. The summed E-state index contributed by atoms with van der Waals surface area (Å²) < 4.78 is 0. The van der Waals surface area contributed by atoms with Crippen LogP contribution in [-0.4, -0.2) is 38.6 Å². The first-order valence-electron chi connectivity index (χ1n) is 8.12. The molecule has 2 fully saturated rings. The van der Waals surface area contributed by atoms with Crippen molar-refractivity contribution in [2.45, 2.75) is 25.2 Å². The van der Waals surface area contributed by atoms with Gasteiger partial charge in [-0.3, -0.25) is 4.79 Å².